The zero-order chi connectivity index (χ0) is 14.2. The summed E-state index contributed by atoms with van der Waals surface area (Å²) in [5.74, 6) is 1.46. The van der Waals surface area contributed by atoms with Crippen LogP contribution < -0.4 is 5.32 Å². The van der Waals surface area contributed by atoms with E-state index in [9.17, 15) is 0 Å². The molecule has 0 fully saturated rings. The second-order valence-corrected chi connectivity index (χ2v) is 5.08. The van der Waals surface area contributed by atoms with E-state index in [-0.39, 0.29) is 0 Å². The van der Waals surface area contributed by atoms with E-state index in [4.69, 9.17) is 4.42 Å². The molecule has 2 rings (SSSR count). The number of aromatic nitrogens is 2. The molecule has 0 spiro atoms. The third kappa shape index (κ3) is 4.78. The van der Waals surface area contributed by atoms with Crippen molar-refractivity contribution in [1.82, 2.24) is 15.5 Å². The Kier molecular flexibility index (Phi) is 5.74. The van der Waals surface area contributed by atoms with Gasteiger partial charge in [-0.1, -0.05) is 36.8 Å². The van der Waals surface area contributed by atoms with Crippen LogP contribution in [0.15, 0.2) is 28.7 Å². The van der Waals surface area contributed by atoms with Crippen molar-refractivity contribution in [1.29, 1.82) is 0 Å². The molecule has 0 aliphatic carbocycles. The number of hydrogen-bond acceptors (Lipinski definition) is 4. The van der Waals surface area contributed by atoms with Crippen molar-refractivity contribution < 1.29 is 4.42 Å². The first-order valence-electron chi connectivity index (χ1n) is 7.35. The third-order valence-electron chi connectivity index (χ3n) is 3.16. The Morgan fingerprint density at radius 1 is 1.05 bits per heavy atom. The van der Waals surface area contributed by atoms with E-state index >= 15 is 0 Å². The van der Waals surface area contributed by atoms with Crippen molar-refractivity contribution in [2.75, 3.05) is 13.1 Å². The van der Waals surface area contributed by atoms with Crippen LogP contribution in [0.3, 0.4) is 0 Å². The van der Waals surface area contributed by atoms with Crippen LogP contribution in [0, 0.1) is 6.92 Å². The SMILES string of the molecule is CCCNCCc1nnc(CCc2cccc(C)c2)o1. The summed E-state index contributed by atoms with van der Waals surface area (Å²) in [7, 11) is 0. The van der Waals surface area contributed by atoms with Gasteiger partial charge in [0.2, 0.25) is 11.8 Å². The van der Waals surface area contributed by atoms with Crippen molar-refractivity contribution in [3.05, 3.63) is 47.2 Å². The van der Waals surface area contributed by atoms with Crippen LogP contribution in [-0.2, 0) is 19.3 Å². The van der Waals surface area contributed by atoms with E-state index in [1.165, 1.54) is 11.1 Å². The van der Waals surface area contributed by atoms with Gasteiger partial charge in [0, 0.05) is 19.4 Å². The van der Waals surface area contributed by atoms with E-state index in [0.29, 0.717) is 0 Å². The zero-order valence-corrected chi connectivity index (χ0v) is 12.4. The molecule has 1 N–H and O–H groups in total. The smallest absolute Gasteiger partial charge is 0.217 e. The van der Waals surface area contributed by atoms with Gasteiger partial charge in [-0.15, -0.1) is 10.2 Å². The van der Waals surface area contributed by atoms with Gasteiger partial charge in [-0.2, -0.15) is 0 Å². The van der Waals surface area contributed by atoms with Crippen LogP contribution in [0.25, 0.3) is 0 Å². The molecule has 0 amide bonds. The van der Waals surface area contributed by atoms with Crippen LogP contribution in [0.1, 0.15) is 36.3 Å². The van der Waals surface area contributed by atoms with Gasteiger partial charge in [0.1, 0.15) is 0 Å². The molecule has 1 aromatic carbocycles. The Morgan fingerprint density at radius 2 is 1.85 bits per heavy atom. The van der Waals surface area contributed by atoms with E-state index in [2.05, 4.69) is 53.6 Å². The van der Waals surface area contributed by atoms with Crippen molar-refractivity contribution in [3.63, 3.8) is 0 Å². The van der Waals surface area contributed by atoms with Crippen LogP contribution in [-0.4, -0.2) is 23.3 Å². The molecule has 4 nitrogen and oxygen atoms in total. The first-order valence-corrected chi connectivity index (χ1v) is 7.35. The maximum absolute atomic E-state index is 5.65. The van der Waals surface area contributed by atoms with E-state index in [1.807, 2.05) is 0 Å². The summed E-state index contributed by atoms with van der Waals surface area (Å²) < 4.78 is 5.65. The number of benzene rings is 1. The van der Waals surface area contributed by atoms with Crippen molar-refractivity contribution in [3.8, 4) is 0 Å². The molecule has 4 heteroatoms. The molecule has 2 aromatic rings. The standard InChI is InChI=1S/C16H23N3O/c1-3-10-17-11-9-16-19-18-15(20-16)8-7-14-6-4-5-13(2)12-14/h4-6,12,17H,3,7-11H2,1-2H3. The molecular weight excluding hydrogens is 250 g/mol. The number of nitrogens with one attached hydrogen (secondary N) is 1. The first kappa shape index (κ1) is 14.7. The lowest BCUT2D eigenvalue weighted by atomic mass is 10.1. The Bertz CT molecular complexity index is 522. The van der Waals surface area contributed by atoms with Gasteiger partial charge in [-0.3, -0.25) is 0 Å². The summed E-state index contributed by atoms with van der Waals surface area (Å²) in [5, 5.41) is 11.5. The summed E-state index contributed by atoms with van der Waals surface area (Å²) in [5.41, 5.74) is 2.60. The number of nitrogens with zero attached hydrogens (tertiary/aromatic N) is 2. The molecule has 0 aliphatic rings. The Morgan fingerprint density at radius 3 is 2.60 bits per heavy atom. The first-order chi connectivity index (χ1) is 9.78. The van der Waals surface area contributed by atoms with Crippen LogP contribution >= 0.6 is 0 Å². The van der Waals surface area contributed by atoms with Crippen LogP contribution in [0.2, 0.25) is 0 Å². The lowest BCUT2D eigenvalue weighted by Gasteiger charge is -2.00. The molecular formula is C16H23N3O. The zero-order valence-electron chi connectivity index (χ0n) is 12.4. The lowest BCUT2D eigenvalue weighted by Crippen LogP contribution is -2.17. The van der Waals surface area contributed by atoms with Crippen LogP contribution in [0.4, 0.5) is 0 Å². The Hall–Kier alpha value is -1.68. The fourth-order valence-electron chi connectivity index (χ4n) is 2.11. The van der Waals surface area contributed by atoms with E-state index in [1.54, 1.807) is 0 Å². The Labute approximate surface area is 120 Å². The molecule has 0 bridgehead atoms. The van der Waals surface area contributed by atoms with E-state index in [0.717, 1.165) is 50.6 Å². The topological polar surface area (TPSA) is 51.0 Å². The maximum Gasteiger partial charge on any atom is 0.217 e. The quantitative estimate of drug-likeness (QED) is 0.751. The highest BCUT2D eigenvalue weighted by molar-refractivity contribution is 5.22. The molecule has 0 aliphatic heterocycles. The minimum absolute atomic E-state index is 0.729. The minimum Gasteiger partial charge on any atom is -0.425 e. The van der Waals surface area contributed by atoms with Gasteiger partial charge in [0.05, 0.1) is 0 Å². The molecule has 20 heavy (non-hydrogen) atoms. The summed E-state index contributed by atoms with van der Waals surface area (Å²) in [6, 6.07) is 8.53. The number of aryl methyl sites for hydroxylation is 3. The average Bonchev–Trinajstić information content (AvgIpc) is 2.89. The average molecular weight is 273 g/mol. The highest BCUT2D eigenvalue weighted by Crippen LogP contribution is 2.09. The minimum atomic E-state index is 0.729. The molecule has 108 valence electrons. The maximum atomic E-state index is 5.65. The summed E-state index contributed by atoms with van der Waals surface area (Å²) in [6.45, 7) is 6.20. The van der Waals surface area contributed by atoms with Gasteiger partial charge in [-0.05, 0) is 31.9 Å². The molecule has 0 atom stereocenters. The molecule has 0 unspecified atom stereocenters. The van der Waals surface area contributed by atoms with E-state index < -0.39 is 0 Å². The van der Waals surface area contributed by atoms with Crippen molar-refractivity contribution in [2.45, 2.75) is 39.5 Å². The number of hydrogen-bond donors (Lipinski definition) is 1. The largest absolute Gasteiger partial charge is 0.425 e. The third-order valence-corrected chi connectivity index (χ3v) is 3.16. The summed E-state index contributed by atoms with van der Waals surface area (Å²) >= 11 is 0. The molecule has 0 saturated carbocycles. The highest BCUT2D eigenvalue weighted by Gasteiger charge is 2.06. The molecule has 1 aromatic heterocycles. The monoisotopic (exact) mass is 273 g/mol. The normalized spacial score (nSPS) is 10.9. The summed E-state index contributed by atoms with van der Waals surface area (Å²) in [6.07, 6.45) is 3.69. The highest BCUT2D eigenvalue weighted by atomic mass is 16.4. The fourth-order valence-corrected chi connectivity index (χ4v) is 2.11. The van der Waals surface area contributed by atoms with Crippen LogP contribution in [0.5, 0.6) is 0 Å². The Balaban J connectivity index is 1.78. The summed E-state index contributed by atoms with van der Waals surface area (Å²) in [4.78, 5) is 0. The number of rotatable bonds is 8. The van der Waals surface area contributed by atoms with Gasteiger partial charge in [0.15, 0.2) is 0 Å². The van der Waals surface area contributed by atoms with Gasteiger partial charge in [0.25, 0.3) is 0 Å². The van der Waals surface area contributed by atoms with Crippen molar-refractivity contribution >= 4 is 0 Å². The lowest BCUT2D eigenvalue weighted by molar-refractivity contribution is 0.443. The predicted octanol–water partition coefficient (Wildman–Crippen LogP) is 2.71. The molecule has 0 saturated heterocycles. The van der Waals surface area contributed by atoms with Gasteiger partial charge < -0.3 is 9.73 Å². The fraction of sp³-hybridized carbons (Fsp3) is 0.500. The molecule has 1 heterocycles. The van der Waals surface area contributed by atoms with Gasteiger partial charge >= 0.3 is 0 Å². The predicted molar refractivity (Wildman–Crippen MR) is 79.7 cm³/mol. The van der Waals surface area contributed by atoms with Crippen molar-refractivity contribution in [2.24, 2.45) is 0 Å². The van der Waals surface area contributed by atoms with Gasteiger partial charge in [-0.25, -0.2) is 0 Å². The second kappa shape index (κ2) is 7.80. The molecule has 0 radical (unpaired) electrons. The second-order valence-electron chi connectivity index (χ2n) is 5.08.